The topological polar surface area (TPSA) is 72.0 Å². The minimum Gasteiger partial charge on any atom is -0.366 e. The van der Waals surface area contributed by atoms with Crippen LogP contribution in [0.2, 0.25) is 0 Å². The van der Waals surface area contributed by atoms with Crippen LogP contribution in [-0.4, -0.2) is 35.9 Å². The van der Waals surface area contributed by atoms with Crippen molar-refractivity contribution < 1.29 is 8.42 Å². The predicted molar refractivity (Wildman–Crippen MR) is 82.8 cm³/mol. The molecule has 1 saturated heterocycles. The molecule has 0 radical (unpaired) electrons. The number of rotatable bonds is 3. The van der Waals surface area contributed by atoms with Crippen molar-refractivity contribution in [3.05, 3.63) is 42.6 Å². The number of hydrogen-bond donors (Lipinski definition) is 1. The summed E-state index contributed by atoms with van der Waals surface area (Å²) in [4.78, 5) is 8.73. The Labute approximate surface area is 124 Å². The van der Waals surface area contributed by atoms with Crippen molar-refractivity contribution >= 4 is 15.7 Å². The van der Waals surface area contributed by atoms with E-state index in [1.165, 1.54) is 0 Å². The molecule has 1 aliphatic heterocycles. The van der Waals surface area contributed by atoms with E-state index in [0.717, 1.165) is 12.0 Å². The standard InChI is InChI=1S/C15H17N3O2S/c19-21(20)10-4-7-13(11-21)17-14-8-9-16-15(18-14)12-5-2-1-3-6-12/h1-3,5-6,8-9,13H,4,7,10-11H2,(H,16,17,18)/t13-/m1/s1. The van der Waals surface area contributed by atoms with Crippen LogP contribution in [-0.2, 0) is 9.84 Å². The molecule has 0 bridgehead atoms. The molecule has 5 nitrogen and oxygen atoms in total. The summed E-state index contributed by atoms with van der Waals surface area (Å²) in [5.41, 5.74) is 0.942. The zero-order chi connectivity index (χ0) is 14.7. The summed E-state index contributed by atoms with van der Waals surface area (Å²) in [5.74, 6) is 1.78. The maximum absolute atomic E-state index is 11.7. The van der Waals surface area contributed by atoms with E-state index in [-0.39, 0.29) is 11.8 Å². The lowest BCUT2D eigenvalue weighted by molar-refractivity contribution is 0.561. The van der Waals surface area contributed by atoms with E-state index in [4.69, 9.17) is 0 Å². The Hall–Kier alpha value is -1.95. The van der Waals surface area contributed by atoms with Crippen molar-refractivity contribution in [2.45, 2.75) is 18.9 Å². The van der Waals surface area contributed by atoms with Gasteiger partial charge in [-0.2, -0.15) is 0 Å². The molecule has 3 rings (SSSR count). The molecular weight excluding hydrogens is 286 g/mol. The molecule has 21 heavy (non-hydrogen) atoms. The highest BCUT2D eigenvalue weighted by Gasteiger charge is 2.24. The Morgan fingerprint density at radius 3 is 2.71 bits per heavy atom. The second kappa shape index (κ2) is 5.81. The molecule has 1 N–H and O–H groups in total. The summed E-state index contributed by atoms with van der Waals surface area (Å²) in [6.07, 6.45) is 3.25. The van der Waals surface area contributed by atoms with E-state index in [2.05, 4.69) is 15.3 Å². The van der Waals surface area contributed by atoms with Crippen LogP contribution in [0.3, 0.4) is 0 Å². The van der Waals surface area contributed by atoms with E-state index < -0.39 is 9.84 Å². The van der Waals surface area contributed by atoms with Crippen LogP contribution in [0.15, 0.2) is 42.6 Å². The fourth-order valence-corrected chi connectivity index (χ4v) is 4.15. The average Bonchev–Trinajstić information content (AvgIpc) is 2.47. The van der Waals surface area contributed by atoms with E-state index >= 15 is 0 Å². The third-order valence-electron chi connectivity index (χ3n) is 3.50. The minimum absolute atomic E-state index is 0.0673. The average molecular weight is 303 g/mol. The molecule has 0 aliphatic carbocycles. The number of nitrogens with one attached hydrogen (secondary N) is 1. The fourth-order valence-electron chi connectivity index (χ4n) is 2.51. The van der Waals surface area contributed by atoms with Crippen molar-refractivity contribution in [3.63, 3.8) is 0 Å². The number of anilines is 1. The summed E-state index contributed by atoms with van der Waals surface area (Å²) < 4.78 is 23.3. The van der Waals surface area contributed by atoms with Crippen molar-refractivity contribution in [1.29, 1.82) is 0 Å². The van der Waals surface area contributed by atoms with Gasteiger partial charge in [0.1, 0.15) is 5.82 Å². The van der Waals surface area contributed by atoms with E-state index in [0.29, 0.717) is 23.8 Å². The largest absolute Gasteiger partial charge is 0.366 e. The number of benzene rings is 1. The number of sulfone groups is 1. The third-order valence-corrected chi connectivity index (χ3v) is 5.32. The lowest BCUT2D eigenvalue weighted by Crippen LogP contribution is -2.35. The van der Waals surface area contributed by atoms with E-state index in [9.17, 15) is 8.42 Å². The first-order valence-electron chi connectivity index (χ1n) is 6.98. The van der Waals surface area contributed by atoms with Crippen molar-refractivity contribution in [3.8, 4) is 11.4 Å². The molecule has 6 heteroatoms. The maximum atomic E-state index is 11.7. The molecule has 1 atom stereocenters. The number of hydrogen-bond acceptors (Lipinski definition) is 5. The summed E-state index contributed by atoms with van der Waals surface area (Å²) >= 11 is 0. The highest BCUT2D eigenvalue weighted by atomic mass is 32.2. The van der Waals surface area contributed by atoms with Crippen LogP contribution >= 0.6 is 0 Å². The van der Waals surface area contributed by atoms with Gasteiger partial charge in [-0.15, -0.1) is 0 Å². The van der Waals surface area contributed by atoms with Gasteiger partial charge in [-0.05, 0) is 18.9 Å². The highest BCUT2D eigenvalue weighted by Crippen LogP contribution is 2.19. The lowest BCUT2D eigenvalue weighted by atomic mass is 10.2. The van der Waals surface area contributed by atoms with Gasteiger partial charge in [0.2, 0.25) is 0 Å². The normalized spacial score (nSPS) is 20.9. The molecule has 1 aromatic heterocycles. The molecule has 110 valence electrons. The molecule has 2 aromatic rings. The molecule has 0 saturated carbocycles. The van der Waals surface area contributed by atoms with Gasteiger partial charge < -0.3 is 5.32 Å². The van der Waals surface area contributed by atoms with E-state index in [1.54, 1.807) is 12.3 Å². The Morgan fingerprint density at radius 2 is 1.95 bits per heavy atom. The van der Waals surface area contributed by atoms with Crippen LogP contribution in [0.1, 0.15) is 12.8 Å². The Kier molecular flexibility index (Phi) is 3.88. The number of nitrogens with zero attached hydrogens (tertiary/aromatic N) is 2. The first kappa shape index (κ1) is 14.0. The van der Waals surface area contributed by atoms with E-state index in [1.807, 2.05) is 30.3 Å². The zero-order valence-electron chi connectivity index (χ0n) is 11.6. The first-order chi connectivity index (χ1) is 10.1. The molecule has 1 aromatic carbocycles. The molecule has 0 spiro atoms. The molecule has 2 heterocycles. The summed E-state index contributed by atoms with van der Waals surface area (Å²) in [7, 11) is -2.92. The smallest absolute Gasteiger partial charge is 0.161 e. The van der Waals surface area contributed by atoms with Crippen LogP contribution in [0.4, 0.5) is 5.82 Å². The van der Waals surface area contributed by atoms with Gasteiger partial charge in [0.25, 0.3) is 0 Å². The zero-order valence-corrected chi connectivity index (χ0v) is 12.4. The monoisotopic (exact) mass is 303 g/mol. The third kappa shape index (κ3) is 3.58. The van der Waals surface area contributed by atoms with Crippen LogP contribution in [0.25, 0.3) is 11.4 Å². The molecular formula is C15H17N3O2S. The van der Waals surface area contributed by atoms with Gasteiger partial charge in [0.05, 0.1) is 11.5 Å². The number of aromatic nitrogens is 2. The quantitative estimate of drug-likeness (QED) is 0.940. The maximum Gasteiger partial charge on any atom is 0.161 e. The Balaban J connectivity index is 1.78. The Morgan fingerprint density at radius 1 is 1.14 bits per heavy atom. The lowest BCUT2D eigenvalue weighted by Gasteiger charge is -2.23. The van der Waals surface area contributed by atoms with Crippen LogP contribution in [0, 0.1) is 0 Å². The second-order valence-corrected chi connectivity index (χ2v) is 7.46. The summed E-state index contributed by atoms with van der Waals surface area (Å²) in [6.45, 7) is 0. The highest BCUT2D eigenvalue weighted by molar-refractivity contribution is 7.91. The van der Waals surface area contributed by atoms with Gasteiger partial charge in [-0.3, -0.25) is 0 Å². The van der Waals surface area contributed by atoms with Gasteiger partial charge in [-0.25, -0.2) is 18.4 Å². The summed E-state index contributed by atoms with van der Waals surface area (Å²) in [5, 5.41) is 3.22. The van der Waals surface area contributed by atoms with Crippen molar-refractivity contribution in [1.82, 2.24) is 9.97 Å². The van der Waals surface area contributed by atoms with Crippen LogP contribution in [0.5, 0.6) is 0 Å². The first-order valence-corrected chi connectivity index (χ1v) is 8.80. The molecule has 0 amide bonds. The van der Waals surface area contributed by atoms with Gasteiger partial charge in [0, 0.05) is 17.8 Å². The minimum atomic E-state index is -2.92. The summed E-state index contributed by atoms with van der Waals surface area (Å²) in [6, 6.07) is 11.4. The predicted octanol–water partition coefficient (Wildman–Crippen LogP) is 2.13. The molecule has 1 fully saturated rings. The van der Waals surface area contributed by atoms with Gasteiger partial charge >= 0.3 is 0 Å². The van der Waals surface area contributed by atoms with Crippen molar-refractivity contribution in [2.75, 3.05) is 16.8 Å². The second-order valence-electron chi connectivity index (χ2n) is 5.23. The SMILES string of the molecule is O=S1(=O)CCC[C@@H](Nc2ccnc(-c3ccccc3)n2)C1. The van der Waals surface area contributed by atoms with Crippen molar-refractivity contribution in [2.24, 2.45) is 0 Å². The molecule has 0 unspecified atom stereocenters. The Bertz CT molecular complexity index is 717. The fraction of sp³-hybridized carbons (Fsp3) is 0.333. The molecule has 1 aliphatic rings. The van der Waals surface area contributed by atoms with Gasteiger partial charge in [0.15, 0.2) is 15.7 Å². The van der Waals surface area contributed by atoms with Crippen LogP contribution < -0.4 is 5.32 Å². The van der Waals surface area contributed by atoms with Gasteiger partial charge in [-0.1, -0.05) is 30.3 Å².